The number of hydrogen-bond donors (Lipinski definition) is 0. The van der Waals surface area contributed by atoms with E-state index in [-0.39, 0.29) is 5.41 Å². The third-order valence-corrected chi connectivity index (χ3v) is 5.53. The van der Waals surface area contributed by atoms with Crippen LogP contribution in [0.15, 0.2) is 54.2 Å². The molecule has 4 aromatic rings. The number of aromatic nitrogens is 3. The molecule has 0 bridgehead atoms. The number of pyridine rings is 1. The summed E-state index contributed by atoms with van der Waals surface area (Å²) in [6, 6.07) is 14.8. The zero-order valence-corrected chi connectivity index (χ0v) is 16.4. The van der Waals surface area contributed by atoms with E-state index < -0.39 is 0 Å². The largest absolute Gasteiger partial charge is 0.286 e. The number of thiazole rings is 1. The van der Waals surface area contributed by atoms with Gasteiger partial charge in [-0.3, -0.25) is 9.38 Å². The summed E-state index contributed by atoms with van der Waals surface area (Å²) in [6.07, 6.45) is 3.88. The Morgan fingerprint density at radius 1 is 1.04 bits per heavy atom. The van der Waals surface area contributed by atoms with Gasteiger partial charge in [0.15, 0.2) is 4.96 Å². The lowest BCUT2D eigenvalue weighted by Crippen LogP contribution is -2.10. The molecule has 0 atom stereocenters. The SMILES string of the molecule is CC(C)(C)c1ccc(-c2nc3scc(-c4ccncc4)n3c2CC#N)cc1. The minimum absolute atomic E-state index is 0.108. The molecule has 1 aromatic carbocycles. The van der Waals surface area contributed by atoms with Crippen LogP contribution in [0.5, 0.6) is 0 Å². The van der Waals surface area contributed by atoms with Gasteiger partial charge in [0, 0.05) is 28.9 Å². The van der Waals surface area contributed by atoms with Gasteiger partial charge >= 0.3 is 0 Å². The van der Waals surface area contributed by atoms with Gasteiger partial charge in [0.25, 0.3) is 0 Å². The molecule has 0 fully saturated rings. The van der Waals surface area contributed by atoms with Gasteiger partial charge in [-0.1, -0.05) is 45.0 Å². The van der Waals surface area contributed by atoms with Gasteiger partial charge in [0.2, 0.25) is 0 Å². The van der Waals surface area contributed by atoms with E-state index in [1.807, 2.05) is 12.1 Å². The maximum atomic E-state index is 9.42. The Bertz CT molecular complexity index is 1120. The topological polar surface area (TPSA) is 54.0 Å². The third kappa shape index (κ3) is 3.13. The lowest BCUT2D eigenvalue weighted by atomic mass is 9.86. The standard InChI is InChI=1S/C22H20N4S/c1-22(2,3)17-6-4-16(5-7-17)20-18(8-11-23)26-19(14-27-21(26)25-20)15-9-12-24-13-10-15/h4-7,9-10,12-14H,8H2,1-3H3. The highest BCUT2D eigenvalue weighted by Gasteiger charge is 2.19. The molecular formula is C22H20N4S. The fourth-order valence-corrected chi connectivity index (χ4v) is 4.15. The predicted octanol–water partition coefficient (Wildman–Crippen LogP) is 5.49. The third-order valence-electron chi connectivity index (χ3n) is 4.71. The summed E-state index contributed by atoms with van der Waals surface area (Å²) < 4.78 is 2.11. The quantitative estimate of drug-likeness (QED) is 0.478. The van der Waals surface area contributed by atoms with Crippen LogP contribution in [0, 0.1) is 11.3 Å². The van der Waals surface area contributed by atoms with Crippen molar-refractivity contribution in [3.63, 3.8) is 0 Å². The fourth-order valence-electron chi connectivity index (χ4n) is 3.24. The highest BCUT2D eigenvalue weighted by molar-refractivity contribution is 7.15. The van der Waals surface area contributed by atoms with E-state index in [2.05, 4.69) is 65.9 Å². The molecule has 0 spiro atoms. The molecule has 5 heteroatoms. The highest BCUT2D eigenvalue weighted by atomic mass is 32.1. The molecule has 27 heavy (non-hydrogen) atoms. The van der Waals surface area contributed by atoms with Gasteiger partial charge in [-0.05, 0) is 23.1 Å². The minimum atomic E-state index is 0.108. The number of benzene rings is 1. The lowest BCUT2D eigenvalue weighted by Gasteiger charge is -2.19. The Labute approximate surface area is 162 Å². The van der Waals surface area contributed by atoms with Crippen molar-refractivity contribution in [2.75, 3.05) is 0 Å². The summed E-state index contributed by atoms with van der Waals surface area (Å²) in [5.74, 6) is 0. The average Bonchev–Trinajstić information content (AvgIpc) is 3.22. The summed E-state index contributed by atoms with van der Waals surface area (Å²) in [5, 5.41) is 11.5. The highest BCUT2D eigenvalue weighted by Crippen LogP contribution is 2.34. The van der Waals surface area contributed by atoms with E-state index in [1.54, 1.807) is 23.7 Å². The van der Waals surface area contributed by atoms with Gasteiger partial charge in [-0.15, -0.1) is 11.3 Å². The number of hydrogen-bond acceptors (Lipinski definition) is 4. The Morgan fingerprint density at radius 3 is 2.37 bits per heavy atom. The molecule has 3 aromatic heterocycles. The van der Waals surface area contributed by atoms with Crippen LogP contribution in [0.3, 0.4) is 0 Å². The van der Waals surface area contributed by atoms with Crippen molar-refractivity contribution in [1.82, 2.24) is 14.4 Å². The molecule has 0 saturated carbocycles. The van der Waals surface area contributed by atoms with Crippen LogP contribution >= 0.6 is 11.3 Å². The Hall–Kier alpha value is -2.97. The molecule has 0 N–H and O–H groups in total. The average molecular weight is 372 g/mol. The molecule has 0 radical (unpaired) electrons. The van der Waals surface area contributed by atoms with Crippen molar-refractivity contribution in [2.45, 2.75) is 32.6 Å². The first kappa shape index (κ1) is 17.4. The second-order valence-corrected chi connectivity index (χ2v) is 8.38. The van der Waals surface area contributed by atoms with Crippen LogP contribution in [0.4, 0.5) is 0 Å². The van der Waals surface area contributed by atoms with Crippen molar-refractivity contribution >= 4 is 16.3 Å². The maximum Gasteiger partial charge on any atom is 0.194 e. The number of fused-ring (bicyclic) bond motifs is 1. The fraction of sp³-hybridized carbons (Fsp3) is 0.227. The molecule has 0 aliphatic heterocycles. The normalized spacial score (nSPS) is 11.6. The maximum absolute atomic E-state index is 9.42. The van der Waals surface area contributed by atoms with Crippen molar-refractivity contribution < 1.29 is 0 Å². The summed E-state index contributed by atoms with van der Waals surface area (Å²) in [4.78, 5) is 9.86. The van der Waals surface area contributed by atoms with E-state index >= 15 is 0 Å². The van der Waals surface area contributed by atoms with Crippen LogP contribution in [0.1, 0.15) is 32.0 Å². The van der Waals surface area contributed by atoms with E-state index in [0.29, 0.717) is 6.42 Å². The van der Waals surface area contributed by atoms with Gasteiger partial charge < -0.3 is 0 Å². The van der Waals surface area contributed by atoms with Crippen molar-refractivity contribution in [2.24, 2.45) is 0 Å². The molecule has 4 nitrogen and oxygen atoms in total. The molecular weight excluding hydrogens is 352 g/mol. The van der Waals surface area contributed by atoms with E-state index in [1.165, 1.54) is 5.56 Å². The van der Waals surface area contributed by atoms with E-state index in [9.17, 15) is 5.26 Å². The van der Waals surface area contributed by atoms with Crippen molar-refractivity contribution in [3.05, 3.63) is 65.4 Å². The van der Waals surface area contributed by atoms with Gasteiger partial charge in [-0.25, -0.2) is 4.98 Å². The zero-order chi connectivity index (χ0) is 19.0. The summed E-state index contributed by atoms with van der Waals surface area (Å²) in [6.45, 7) is 6.62. The number of imidazole rings is 1. The smallest absolute Gasteiger partial charge is 0.194 e. The summed E-state index contributed by atoms with van der Waals surface area (Å²) in [5.41, 5.74) is 6.38. The number of nitrogens with zero attached hydrogens (tertiary/aromatic N) is 4. The monoisotopic (exact) mass is 372 g/mol. The van der Waals surface area contributed by atoms with Crippen molar-refractivity contribution in [1.29, 1.82) is 5.26 Å². The first-order chi connectivity index (χ1) is 13.0. The van der Waals surface area contributed by atoms with Crippen LogP contribution in [-0.4, -0.2) is 14.4 Å². The molecule has 0 amide bonds. The van der Waals surface area contributed by atoms with Crippen LogP contribution in [-0.2, 0) is 11.8 Å². The number of nitriles is 1. The molecule has 0 aliphatic rings. The Kier molecular flexibility index (Phi) is 4.29. The molecule has 4 rings (SSSR count). The molecule has 0 aliphatic carbocycles. The van der Waals surface area contributed by atoms with Gasteiger partial charge in [0.1, 0.15) is 0 Å². The van der Waals surface area contributed by atoms with Gasteiger partial charge in [0.05, 0.1) is 29.6 Å². The Morgan fingerprint density at radius 2 is 1.74 bits per heavy atom. The minimum Gasteiger partial charge on any atom is -0.286 e. The van der Waals surface area contributed by atoms with Gasteiger partial charge in [-0.2, -0.15) is 5.26 Å². The van der Waals surface area contributed by atoms with Crippen molar-refractivity contribution in [3.8, 4) is 28.6 Å². The van der Waals surface area contributed by atoms with Crippen LogP contribution in [0.2, 0.25) is 0 Å². The number of rotatable bonds is 3. The summed E-state index contributed by atoms with van der Waals surface area (Å²) in [7, 11) is 0. The first-order valence-corrected chi connectivity index (χ1v) is 9.74. The second-order valence-electron chi connectivity index (χ2n) is 7.54. The summed E-state index contributed by atoms with van der Waals surface area (Å²) >= 11 is 1.59. The molecule has 3 heterocycles. The zero-order valence-electron chi connectivity index (χ0n) is 15.6. The predicted molar refractivity (Wildman–Crippen MR) is 110 cm³/mol. The molecule has 134 valence electrons. The first-order valence-electron chi connectivity index (χ1n) is 8.86. The van der Waals surface area contributed by atoms with Crippen LogP contribution < -0.4 is 0 Å². The van der Waals surface area contributed by atoms with Crippen LogP contribution in [0.25, 0.3) is 27.5 Å². The lowest BCUT2D eigenvalue weighted by molar-refractivity contribution is 0.590. The van der Waals surface area contributed by atoms with E-state index in [0.717, 1.165) is 33.2 Å². The Balaban J connectivity index is 1.88. The van der Waals surface area contributed by atoms with E-state index in [4.69, 9.17) is 4.98 Å². The molecule has 0 unspecified atom stereocenters. The second kappa shape index (κ2) is 6.64. The molecule has 0 saturated heterocycles.